The number of hydrogen-bond acceptors (Lipinski definition) is 3. The highest BCUT2D eigenvalue weighted by Gasteiger charge is 2.30. The number of rotatable bonds is 4. The molecule has 1 fully saturated rings. The van der Waals surface area contributed by atoms with Gasteiger partial charge in [-0.25, -0.2) is 0 Å². The molecular weight excluding hydrogens is 262 g/mol. The minimum absolute atomic E-state index is 0.382. The molecule has 19 heavy (non-hydrogen) atoms. The molecule has 5 nitrogen and oxygen atoms in total. The third-order valence-corrected chi connectivity index (χ3v) is 5.42. The van der Waals surface area contributed by atoms with Crippen LogP contribution in [-0.4, -0.2) is 49.2 Å². The van der Waals surface area contributed by atoms with Crippen LogP contribution in [0, 0.1) is 5.92 Å². The Bertz CT molecular complexity index is 502. The molecule has 0 saturated carbocycles. The Kier molecular flexibility index (Phi) is 4.54. The third kappa shape index (κ3) is 3.52. The van der Waals surface area contributed by atoms with E-state index in [2.05, 4.69) is 4.98 Å². The molecule has 0 N–H and O–H groups in total. The first-order chi connectivity index (χ1) is 9.00. The van der Waals surface area contributed by atoms with E-state index in [0.717, 1.165) is 19.3 Å². The van der Waals surface area contributed by atoms with Crippen LogP contribution in [0.1, 0.15) is 18.4 Å². The maximum absolute atomic E-state index is 12.1. The van der Waals surface area contributed by atoms with Gasteiger partial charge >= 0.3 is 0 Å². The Balaban J connectivity index is 2.02. The standard InChI is InChI=1S/C13H21N3O2S/c1-15(2)19(17,18)16-8-4-6-13(11-16)9-12-5-3-7-14-10-12/h3,5,7,10,13H,4,6,8-9,11H2,1-2H3/t13-/m0/s1. The van der Waals surface area contributed by atoms with Gasteiger partial charge in [-0.05, 0) is 36.8 Å². The molecular formula is C13H21N3O2S. The summed E-state index contributed by atoms with van der Waals surface area (Å²) in [5, 5.41) is 0. The van der Waals surface area contributed by atoms with Gasteiger partial charge in [0, 0.05) is 39.6 Å². The van der Waals surface area contributed by atoms with E-state index < -0.39 is 10.2 Å². The Morgan fingerprint density at radius 3 is 2.89 bits per heavy atom. The summed E-state index contributed by atoms with van der Waals surface area (Å²) in [4.78, 5) is 4.11. The zero-order chi connectivity index (χ0) is 13.9. The first-order valence-electron chi connectivity index (χ1n) is 6.56. The van der Waals surface area contributed by atoms with Crippen molar-refractivity contribution in [2.75, 3.05) is 27.2 Å². The molecule has 0 radical (unpaired) electrons. The average Bonchev–Trinajstić information content (AvgIpc) is 2.40. The summed E-state index contributed by atoms with van der Waals surface area (Å²) in [5.74, 6) is 0.382. The first-order valence-corrected chi connectivity index (χ1v) is 7.96. The Morgan fingerprint density at radius 1 is 1.47 bits per heavy atom. The van der Waals surface area contributed by atoms with Crippen LogP contribution in [0.4, 0.5) is 0 Å². The van der Waals surface area contributed by atoms with Crippen molar-refractivity contribution >= 4 is 10.2 Å². The molecule has 1 saturated heterocycles. The van der Waals surface area contributed by atoms with Crippen molar-refractivity contribution in [3.05, 3.63) is 30.1 Å². The van der Waals surface area contributed by atoms with Gasteiger partial charge in [-0.15, -0.1) is 0 Å². The Hall–Kier alpha value is -0.980. The topological polar surface area (TPSA) is 53.5 Å². The second-order valence-corrected chi connectivity index (χ2v) is 7.36. The summed E-state index contributed by atoms with van der Waals surface area (Å²) < 4.78 is 27.1. The fraction of sp³-hybridized carbons (Fsp3) is 0.615. The van der Waals surface area contributed by atoms with Crippen LogP contribution in [0.25, 0.3) is 0 Å². The van der Waals surface area contributed by atoms with Crippen molar-refractivity contribution in [1.82, 2.24) is 13.6 Å². The van der Waals surface area contributed by atoms with Crippen LogP contribution in [0.15, 0.2) is 24.5 Å². The van der Waals surface area contributed by atoms with E-state index in [1.807, 2.05) is 18.3 Å². The first kappa shape index (κ1) is 14.4. The highest BCUT2D eigenvalue weighted by atomic mass is 32.2. The van der Waals surface area contributed by atoms with Crippen molar-refractivity contribution < 1.29 is 8.42 Å². The molecule has 1 aliphatic rings. The molecule has 0 unspecified atom stereocenters. The zero-order valence-corrected chi connectivity index (χ0v) is 12.3. The summed E-state index contributed by atoms with van der Waals surface area (Å²) >= 11 is 0. The van der Waals surface area contributed by atoms with Crippen molar-refractivity contribution in [3.63, 3.8) is 0 Å². The summed E-state index contributed by atoms with van der Waals surface area (Å²) in [7, 11) is -0.107. The minimum atomic E-state index is -3.27. The summed E-state index contributed by atoms with van der Waals surface area (Å²) in [5.41, 5.74) is 1.18. The van der Waals surface area contributed by atoms with Crippen molar-refractivity contribution in [1.29, 1.82) is 0 Å². The van der Waals surface area contributed by atoms with Crippen molar-refractivity contribution in [2.45, 2.75) is 19.3 Å². The summed E-state index contributed by atoms with van der Waals surface area (Å²) in [6.07, 6.45) is 6.52. The molecule has 0 bridgehead atoms. The third-order valence-electron chi connectivity index (χ3n) is 3.52. The molecule has 0 aliphatic carbocycles. The van der Waals surface area contributed by atoms with E-state index in [4.69, 9.17) is 0 Å². The predicted molar refractivity (Wildman–Crippen MR) is 74.8 cm³/mol. The van der Waals surface area contributed by atoms with Gasteiger partial charge in [0.25, 0.3) is 10.2 Å². The van der Waals surface area contributed by atoms with Gasteiger partial charge in [0.2, 0.25) is 0 Å². The van der Waals surface area contributed by atoms with Gasteiger partial charge in [-0.1, -0.05) is 6.07 Å². The van der Waals surface area contributed by atoms with Crippen LogP contribution in [0.2, 0.25) is 0 Å². The number of piperidine rings is 1. The summed E-state index contributed by atoms with van der Waals surface area (Å²) in [6, 6.07) is 3.97. The Labute approximate surface area is 115 Å². The maximum Gasteiger partial charge on any atom is 0.281 e. The predicted octanol–water partition coefficient (Wildman–Crippen LogP) is 1.14. The van der Waals surface area contributed by atoms with E-state index in [9.17, 15) is 8.42 Å². The van der Waals surface area contributed by atoms with E-state index >= 15 is 0 Å². The highest BCUT2D eigenvalue weighted by Crippen LogP contribution is 2.23. The normalized spacial score (nSPS) is 21.7. The van der Waals surface area contributed by atoms with Crippen LogP contribution in [0.3, 0.4) is 0 Å². The molecule has 2 rings (SSSR count). The lowest BCUT2D eigenvalue weighted by Gasteiger charge is -2.33. The fourth-order valence-electron chi connectivity index (χ4n) is 2.49. The van der Waals surface area contributed by atoms with E-state index in [1.165, 1.54) is 9.87 Å². The monoisotopic (exact) mass is 283 g/mol. The molecule has 2 heterocycles. The molecule has 0 spiro atoms. The Morgan fingerprint density at radius 2 is 2.26 bits per heavy atom. The van der Waals surface area contributed by atoms with E-state index in [-0.39, 0.29) is 0 Å². The summed E-state index contributed by atoms with van der Waals surface area (Å²) in [6.45, 7) is 1.24. The smallest absolute Gasteiger partial charge is 0.264 e. The largest absolute Gasteiger partial charge is 0.281 e. The van der Waals surface area contributed by atoms with Crippen LogP contribution in [-0.2, 0) is 16.6 Å². The molecule has 1 aliphatic heterocycles. The van der Waals surface area contributed by atoms with Gasteiger partial charge in [-0.3, -0.25) is 4.98 Å². The van der Waals surface area contributed by atoms with Gasteiger partial charge in [0.05, 0.1) is 0 Å². The van der Waals surface area contributed by atoms with Crippen molar-refractivity contribution in [2.24, 2.45) is 5.92 Å². The van der Waals surface area contributed by atoms with Crippen LogP contribution < -0.4 is 0 Å². The molecule has 1 aromatic heterocycles. The number of pyridine rings is 1. The number of aromatic nitrogens is 1. The number of nitrogens with zero attached hydrogens (tertiary/aromatic N) is 3. The SMILES string of the molecule is CN(C)S(=O)(=O)N1CCC[C@@H](Cc2cccnc2)C1. The lowest BCUT2D eigenvalue weighted by Crippen LogP contribution is -2.45. The zero-order valence-electron chi connectivity index (χ0n) is 11.5. The van der Waals surface area contributed by atoms with E-state index in [0.29, 0.717) is 19.0 Å². The van der Waals surface area contributed by atoms with Crippen LogP contribution >= 0.6 is 0 Å². The maximum atomic E-state index is 12.1. The molecule has 1 atom stereocenters. The lowest BCUT2D eigenvalue weighted by atomic mass is 9.93. The second-order valence-electron chi connectivity index (χ2n) is 5.22. The van der Waals surface area contributed by atoms with Gasteiger partial charge in [0.15, 0.2) is 0 Å². The number of hydrogen-bond donors (Lipinski definition) is 0. The average molecular weight is 283 g/mol. The second kappa shape index (κ2) is 5.98. The molecule has 1 aromatic rings. The molecule has 6 heteroatoms. The highest BCUT2D eigenvalue weighted by molar-refractivity contribution is 7.86. The lowest BCUT2D eigenvalue weighted by molar-refractivity contribution is 0.254. The quantitative estimate of drug-likeness (QED) is 0.833. The molecule has 0 amide bonds. The van der Waals surface area contributed by atoms with Gasteiger partial charge < -0.3 is 0 Å². The minimum Gasteiger partial charge on any atom is -0.264 e. The fourth-order valence-corrected chi connectivity index (χ4v) is 3.71. The van der Waals surface area contributed by atoms with Crippen molar-refractivity contribution in [3.8, 4) is 0 Å². The molecule has 106 valence electrons. The molecule has 0 aromatic carbocycles. The van der Waals surface area contributed by atoms with Crippen LogP contribution in [0.5, 0.6) is 0 Å². The van der Waals surface area contributed by atoms with Gasteiger partial charge in [0.1, 0.15) is 0 Å². The van der Waals surface area contributed by atoms with E-state index in [1.54, 1.807) is 24.6 Å². The van der Waals surface area contributed by atoms with Gasteiger partial charge in [-0.2, -0.15) is 17.0 Å².